The van der Waals surface area contributed by atoms with Crippen LogP contribution in [0.1, 0.15) is 50.7 Å². The van der Waals surface area contributed by atoms with Gasteiger partial charge in [-0.1, -0.05) is 51.1 Å². The molecule has 2 aromatic carbocycles. The van der Waals surface area contributed by atoms with Crippen molar-refractivity contribution in [2.45, 2.75) is 46.0 Å². The average Bonchev–Trinajstić information content (AvgIpc) is 3.09. The van der Waals surface area contributed by atoms with Gasteiger partial charge in [0.1, 0.15) is 0 Å². The number of carbonyl (C=O) groups is 2. The molecule has 3 rings (SSSR count). The Balaban J connectivity index is 1.75. The lowest BCUT2D eigenvalue weighted by Crippen LogP contribution is -2.29. The number of amides is 2. The van der Waals surface area contributed by atoms with Crippen molar-refractivity contribution in [2.75, 3.05) is 16.8 Å². The van der Waals surface area contributed by atoms with E-state index in [9.17, 15) is 9.59 Å². The van der Waals surface area contributed by atoms with Gasteiger partial charge in [0.25, 0.3) is 0 Å². The van der Waals surface area contributed by atoms with Gasteiger partial charge in [-0.15, -0.1) is 0 Å². The maximum Gasteiger partial charge on any atom is 0.229 e. The highest BCUT2D eigenvalue weighted by Gasteiger charge is 2.36. The van der Waals surface area contributed by atoms with Gasteiger partial charge >= 0.3 is 0 Å². The molecule has 4 nitrogen and oxygen atoms in total. The van der Waals surface area contributed by atoms with E-state index in [0.717, 1.165) is 24.2 Å². The normalized spacial score (nSPS) is 17.8. The highest BCUT2D eigenvalue weighted by atomic mass is 16.2. The number of hydrogen-bond donors (Lipinski definition) is 1. The molecule has 2 aromatic rings. The van der Waals surface area contributed by atoms with Crippen molar-refractivity contribution in [3.63, 3.8) is 0 Å². The Bertz CT molecular complexity index is 831. The fourth-order valence-electron chi connectivity index (χ4n) is 3.60. The average molecular weight is 364 g/mol. The van der Waals surface area contributed by atoms with Gasteiger partial charge in [0.15, 0.2) is 0 Å². The second kappa shape index (κ2) is 8.38. The van der Waals surface area contributed by atoms with E-state index in [1.54, 1.807) is 4.90 Å². The number of nitrogens with zero attached hydrogens (tertiary/aromatic N) is 1. The van der Waals surface area contributed by atoms with Crippen molar-refractivity contribution in [2.24, 2.45) is 5.92 Å². The summed E-state index contributed by atoms with van der Waals surface area (Å²) in [6, 6.07) is 15.9. The molecule has 142 valence electrons. The number of carbonyl (C=O) groups excluding carboxylic acids is 2. The van der Waals surface area contributed by atoms with E-state index < -0.39 is 0 Å². The SMILES string of the molecule is CCc1cccc(NC(=O)[C@H]2CC(=O)N(c3ccccc3[C@@H](C)CC)C2)c1. The summed E-state index contributed by atoms with van der Waals surface area (Å²) < 4.78 is 0. The van der Waals surface area contributed by atoms with Crippen LogP contribution >= 0.6 is 0 Å². The third-order valence-corrected chi connectivity index (χ3v) is 5.47. The maximum atomic E-state index is 12.7. The fourth-order valence-corrected chi connectivity index (χ4v) is 3.60. The summed E-state index contributed by atoms with van der Waals surface area (Å²) in [6.45, 7) is 6.84. The molecule has 0 unspecified atom stereocenters. The topological polar surface area (TPSA) is 49.4 Å². The van der Waals surface area contributed by atoms with Crippen LogP contribution in [0.15, 0.2) is 48.5 Å². The van der Waals surface area contributed by atoms with E-state index in [1.807, 2.05) is 42.5 Å². The van der Waals surface area contributed by atoms with Crippen LogP contribution in [0, 0.1) is 5.92 Å². The Labute approximate surface area is 161 Å². The van der Waals surface area contributed by atoms with Crippen LogP contribution in [0.4, 0.5) is 11.4 Å². The number of nitrogens with one attached hydrogen (secondary N) is 1. The third-order valence-electron chi connectivity index (χ3n) is 5.47. The zero-order valence-electron chi connectivity index (χ0n) is 16.4. The van der Waals surface area contributed by atoms with Crippen LogP contribution in [0.25, 0.3) is 0 Å². The number of aryl methyl sites for hydroxylation is 1. The lowest BCUT2D eigenvalue weighted by Gasteiger charge is -2.23. The Morgan fingerprint density at radius 3 is 2.70 bits per heavy atom. The van der Waals surface area contributed by atoms with E-state index in [0.29, 0.717) is 12.5 Å². The van der Waals surface area contributed by atoms with Crippen LogP contribution in [-0.4, -0.2) is 18.4 Å². The number of benzene rings is 2. The van der Waals surface area contributed by atoms with Gasteiger partial charge in [-0.2, -0.15) is 0 Å². The molecule has 1 aliphatic heterocycles. The van der Waals surface area contributed by atoms with Gasteiger partial charge < -0.3 is 10.2 Å². The van der Waals surface area contributed by atoms with Crippen molar-refractivity contribution >= 4 is 23.2 Å². The van der Waals surface area contributed by atoms with Gasteiger partial charge in [0, 0.05) is 24.3 Å². The maximum absolute atomic E-state index is 12.7. The first-order chi connectivity index (χ1) is 13.0. The molecule has 0 aliphatic carbocycles. The highest BCUT2D eigenvalue weighted by Crippen LogP contribution is 2.33. The largest absolute Gasteiger partial charge is 0.326 e. The minimum absolute atomic E-state index is 0.0215. The summed E-state index contributed by atoms with van der Waals surface area (Å²) >= 11 is 0. The summed E-state index contributed by atoms with van der Waals surface area (Å²) in [5.74, 6) is -0.0141. The van der Waals surface area contributed by atoms with Gasteiger partial charge in [0.05, 0.1) is 5.92 Å². The molecule has 1 N–H and O–H groups in total. The molecule has 0 aromatic heterocycles. The second-order valence-electron chi connectivity index (χ2n) is 7.32. The molecular weight excluding hydrogens is 336 g/mol. The Morgan fingerprint density at radius 2 is 1.96 bits per heavy atom. The van der Waals surface area contributed by atoms with Crippen molar-refractivity contribution in [1.29, 1.82) is 0 Å². The molecule has 1 aliphatic rings. The van der Waals surface area contributed by atoms with E-state index in [1.165, 1.54) is 11.1 Å². The number of hydrogen-bond acceptors (Lipinski definition) is 2. The lowest BCUT2D eigenvalue weighted by molar-refractivity contribution is -0.122. The van der Waals surface area contributed by atoms with Gasteiger partial charge in [0.2, 0.25) is 11.8 Å². The molecule has 2 atom stereocenters. The molecule has 1 fully saturated rings. The molecule has 27 heavy (non-hydrogen) atoms. The summed E-state index contributed by atoms with van der Waals surface area (Å²) in [4.78, 5) is 27.2. The summed E-state index contributed by atoms with van der Waals surface area (Å²) in [6.07, 6.45) is 2.19. The smallest absolute Gasteiger partial charge is 0.229 e. The van der Waals surface area contributed by atoms with E-state index in [4.69, 9.17) is 0 Å². The van der Waals surface area contributed by atoms with Crippen LogP contribution in [0.3, 0.4) is 0 Å². The van der Waals surface area contributed by atoms with Crippen molar-refractivity contribution in [3.05, 3.63) is 59.7 Å². The van der Waals surface area contributed by atoms with Crippen molar-refractivity contribution in [3.8, 4) is 0 Å². The first kappa shape index (κ1) is 19.2. The predicted molar refractivity (Wildman–Crippen MR) is 110 cm³/mol. The third kappa shape index (κ3) is 4.21. The summed E-state index contributed by atoms with van der Waals surface area (Å²) in [5.41, 5.74) is 4.09. The monoisotopic (exact) mass is 364 g/mol. The fraction of sp³-hybridized carbons (Fsp3) is 0.391. The number of para-hydroxylation sites is 1. The Hall–Kier alpha value is -2.62. The highest BCUT2D eigenvalue weighted by molar-refractivity contribution is 6.03. The zero-order valence-corrected chi connectivity index (χ0v) is 16.4. The Kier molecular flexibility index (Phi) is 5.94. The minimum Gasteiger partial charge on any atom is -0.326 e. The second-order valence-corrected chi connectivity index (χ2v) is 7.32. The Morgan fingerprint density at radius 1 is 1.19 bits per heavy atom. The molecule has 0 bridgehead atoms. The molecule has 0 spiro atoms. The number of rotatable bonds is 6. The molecule has 2 amide bonds. The van der Waals surface area contributed by atoms with Crippen molar-refractivity contribution in [1.82, 2.24) is 0 Å². The van der Waals surface area contributed by atoms with E-state index in [2.05, 4.69) is 32.2 Å². The van der Waals surface area contributed by atoms with Crippen LogP contribution in [0.2, 0.25) is 0 Å². The van der Waals surface area contributed by atoms with Gasteiger partial charge in [-0.3, -0.25) is 9.59 Å². The first-order valence-corrected chi connectivity index (χ1v) is 9.82. The molecular formula is C23H28N2O2. The predicted octanol–water partition coefficient (Wildman–Crippen LogP) is 4.75. The van der Waals surface area contributed by atoms with Crippen LogP contribution in [0.5, 0.6) is 0 Å². The van der Waals surface area contributed by atoms with Gasteiger partial charge in [-0.25, -0.2) is 0 Å². The minimum atomic E-state index is -0.326. The molecule has 1 heterocycles. The zero-order chi connectivity index (χ0) is 19.4. The van der Waals surface area contributed by atoms with Crippen LogP contribution < -0.4 is 10.2 Å². The van der Waals surface area contributed by atoms with E-state index >= 15 is 0 Å². The van der Waals surface area contributed by atoms with Gasteiger partial charge in [-0.05, 0) is 48.1 Å². The summed E-state index contributed by atoms with van der Waals surface area (Å²) in [5, 5.41) is 2.98. The van der Waals surface area contributed by atoms with Crippen molar-refractivity contribution < 1.29 is 9.59 Å². The van der Waals surface area contributed by atoms with Crippen LogP contribution in [-0.2, 0) is 16.0 Å². The summed E-state index contributed by atoms with van der Waals surface area (Å²) in [7, 11) is 0. The standard InChI is InChI=1S/C23H28N2O2/c1-4-16(3)20-11-6-7-12-21(20)25-15-18(14-22(25)26)23(27)24-19-10-8-9-17(5-2)13-19/h6-13,16,18H,4-5,14-15H2,1-3H3,(H,24,27)/t16-,18-/m0/s1. The molecule has 0 radical (unpaired) electrons. The molecule has 4 heteroatoms. The molecule has 0 saturated carbocycles. The van der Waals surface area contributed by atoms with E-state index in [-0.39, 0.29) is 24.2 Å². The molecule has 1 saturated heterocycles. The quantitative estimate of drug-likeness (QED) is 0.804. The first-order valence-electron chi connectivity index (χ1n) is 9.82. The number of anilines is 2. The lowest BCUT2D eigenvalue weighted by atomic mass is 9.96.